The Kier molecular flexibility index (Phi) is 3.48. The Morgan fingerprint density at radius 1 is 1.17 bits per heavy atom. The number of primary amides is 1. The maximum absolute atomic E-state index is 11.2. The third-order valence-electron chi connectivity index (χ3n) is 2.47. The fourth-order valence-corrected chi connectivity index (χ4v) is 1.57. The van der Waals surface area contributed by atoms with E-state index in [0.717, 1.165) is 5.56 Å². The summed E-state index contributed by atoms with van der Waals surface area (Å²) in [5.41, 5.74) is 6.46. The molecular weight excluding hydrogens is 230 g/mol. The number of aromatic hydroxyl groups is 1. The van der Waals surface area contributed by atoms with Crippen molar-refractivity contribution in [3.05, 3.63) is 59.7 Å². The van der Waals surface area contributed by atoms with Gasteiger partial charge in [0.2, 0.25) is 0 Å². The monoisotopic (exact) mass is 243 g/mol. The van der Waals surface area contributed by atoms with E-state index in [1.807, 2.05) is 30.3 Å². The van der Waals surface area contributed by atoms with Gasteiger partial charge in [-0.05, 0) is 17.7 Å². The maximum atomic E-state index is 11.2. The van der Waals surface area contributed by atoms with Crippen LogP contribution in [0.5, 0.6) is 11.5 Å². The minimum absolute atomic E-state index is 0.0306. The van der Waals surface area contributed by atoms with E-state index in [0.29, 0.717) is 6.61 Å². The molecule has 1 amide bonds. The third kappa shape index (κ3) is 2.79. The van der Waals surface area contributed by atoms with Gasteiger partial charge >= 0.3 is 0 Å². The van der Waals surface area contributed by atoms with E-state index in [-0.39, 0.29) is 17.1 Å². The lowest BCUT2D eigenvalue weighted by atomic mass is 10.2. The van der Waals surface area contributed by atoms with E-state index in [4.69, 9.17) is 10.5 Å². The Labute approximate surface area is 105 Å². The standard InChI is InChI=1S/C14H13NO3/c15-14(17)12-7-6-11(16)8-13(12)18-9-10-4-2-1-3-5-10/h1-8,16H,9H2,(H2,15,17). The van der Waals surface area contributed by atoms with Crippen LogP contribution >= 0.6 is 0 Å². The van der Waals surface area contributed by atoms with Crippen molar-refractivity contribution in [2.45, 2.75) is 6.61 Å². The third-order valence-corrected chi connectivity index (χ3v) is 2.47. The highest BCUT2D eigenvalue weighted by Crippen LogP contribution is 2.24. The van der Waals surface area contributed by atoms with Crippen LogP contribution in [0, 0.1) is 0 Å². The normalized spacial score (nSPS) is 10.0. The number of hydrogen-bond acceptors (Lipinski definition) is 3. The molecule has 2 aromatic rings. The highest BCUT2D eigenvalue weighted by Gasteiger charge is 2.10. The van der Waals surface area contributed by atoms with E-state index in [2.05, 4.69) is 0 Å². The number of hydrogen-bond donors (Lipinski definition) is 2. The van der Waals surface area contributed by atoms with E-state index in [1.54, 1.807) is 0 Å². The van der Waals surface area contributed by atoms with Gasteiger partial charge in [0.1, 0.15) is 18.1 Å². The van der Waals surface area contributed by atoms with Crippen LogP contribution in [0.3, 0.4) is 0 Å². The number of nitrogens with two attached hydrogens (primary N) is 1. The fourth-order valence-electron chi connectivity index (χ4n) is 1.57. The van der Waals surface area contributed by atoms with Crippen molar-refractivity contribution in [2.75, 3.05) is 0 Å². The second kappa shape index (κ2) is 5.23. The lowest BCUT2D eigenvalue weighted by Crippen LogP contribution is -2.12. The summed E-state index contributed by atoms with van der Waals surface area (Å²) in [4.78, 5) is 11.2. The molecule has 4 heteroatoms. The maximum Gasteiger partial charge on any atom is 0.252 e. The molecule has 18 heavy (non-hydrogen) atoms. The molecule has 0 aliphatic carbocycles. The van der Waals surface area contributed by atoms with Crippen LogP contribution in [0.25, 0.3) is 0 Å². The molecule has 0 heterocycles. The van der Waals surface area contributed by atoms with Gasteiger partial charge < -0.3 is 15.6 Å². The molecule has 0 radical (unpaired) electrons. The van der Waals surface area contributed by atoms with Crippen LogP contribution in [0.15, 0.2) is 48.5 Å². The van der Waals surface area contributed by atoms with Crippen molar-refractivity contribution < 1.29 is 14.6 Å². The molecular formula is C14H13NO3. The lowest BCUT2D eigenvalue weighted by Gasteiger charge is -2.10. The zero-order chi connectivity index (χ0) is 13.0. The smallest absolute Gasteiger partial charge is 0.252 e. The molecule has 0 saturated heterocycles. The van der Waals surface area contributed by atoms with Gasteiger partial charge in [0.25, 0.3) is 5.91 Å². The molecule has 2 aromatic carbocycles. The van der Waals surface area contributed by atoms with Gasteiger partial charge in [-0.15, -0.1) is 0 Å². The van der Waals surface area contributed by atoms with Crippen LogP contribution in [-0.2, 0) is 6.61 Å². The predicted octanol–water partition coefficient (Wildman–Crippen LogP) is 2.07. The molecule has 0 atom stereocenters. The van der Waals surface area contributed by atoms with Crippen molar-refractivity contribution in [3.63, 3.8) is 0 Å². The highest BCUT2D eigenvalue weighted by atomic mass is 16.5. The quantitative estimate of drug-likeness (QED) is 0.863. The second-order valence-electron chi connectivity index (χ2n) is 3.82. The molecule has 0 saturated carbocycles. The molecule has 0 aliphatic heterocycles. The van der Waals surface area contributed by atoms with Gasteiger partial charge in [-0.2, -0.15) is 0 Å². The molecule has 2 rings (SSSR count). The first-order chi connectivity index (χ1) is 8.66. The van der Waals surface area contributed by atoms with Gasteiger partial charge in [-0.3, -0.25) is 4.79 Å². The molecule has 0 aliphatic rings. The number of phenolic OH excluding ortho intramolecular Hbond substituents is 1. The number of phenols is 1. The number of amides is 1. The van der Waals surface area contributed by atoms with E-state index in [1.165, 1.54) is 18.2 Å². The largest absolute Gasteiger partial charge is 0.508 e. The van der Waals surface area contributed by atoms with Crippen LogP contribution in [0.2, 0.25) is 0 Å². The Morgan fingerprint density at radius 2 is 1.89 bits per heavy atom. The minimum atomic E-state index is -0.585. The number of ether oxygens (including phenoxy) is 1. The average molecular weight is 243 g/mol. The average Bonchev–Trinajstić information content (AvgIpc) is 2.37. The summed E-state index contributed by atoms with van der Waals surface area (Å²) in [5.74, 6) is -0.271. The van der Waals surface area contributed by atoms with Crippen LogP contribution < -0.4 is 10.5 Å². The molecule has 0 aromatic heterocycles. The van der Waals surface area contributed by atoms with E-state index in [9.17, 15) is 9.90 Å². The molecule has 0 spiro atoms. The number of carbonyl (C=O) groups excluding carboxylic acids is 1. The van der Waals surface area contributed by atoms with Crippen molar-refractivity contribution >= 4 is 5.91 Å². The number of rotatable bonds is 4. The van der Waals surface area contributed by atoms with Gasteiger partial charge in [0, 0.05) is 6.07 Å². The Hall–Kier alpha value is -2.49. The van der Waals surface area contributed by atoms with Gasteiger partial charge in [-0.25, -0.2) is 0 Å². The molecule has 0 unspecified atom stereocenters. The van der Waals surface area contributed by atoms with Crippen molar-refractivity contribution in [3.8, 4) is 11.5 Å². The highest BCUT2D eigenvalue weighted by molar-refractivity contribution is 5.95. The summed E-state index contributed by atoms with van der Waals surface area (Å²) in [6.07, 6.45) is 0. The van der Waals surface area contributed by atoms with Crippen LogP contribution in [0.4, 0.5) is 0 Å². The molecule has 0 bridgehead atoms. The molecule has 4 nitrogen and oxygen atoms in total. The first-order valence-electron chi connectivity index (χ1n) is 5.46. The predicted molar refractivity (Wildman–Crippen MR) is 67.4 cm³/mol. The fraction of sp³-hybridized carbons (Fsp3) is 0.0714. The summed E-state index contributed by atoms with van der Waals surface area (Å²) in [5, 5.41) is 9.38. The Bertz CT molecular complexity index is 552. The zero-order valence-corrected chi connectivity index (χ0v) is 9.67. The first-order valence-corrected chi connectivity index (χ1v) is 5.46. The minimum Gasteiger partial charge on any atom is -0.508 e. The van der Waals surface area contributed by atoms with Crippen LogP contribution in [-0.4, -0.2) is 11.0 Å². The molecule has 92 valence electrons. The summed E-state index contributed by atoms with van der Waals surface area (Å²) in [6.45, 7) is 0.310. The van der Waals surface area contributed by atoms with E-state index >= 15 is 0 Å². The summed E-state index contributed by atoms with van der Waals surface area (Å²) < 4.78 is 5.50. The lowest BCUT2D eigenvalue weighted by molar-refractivity contribution is 0.0996. The van der Waals surface area contributed by atoms with Crippen molar-refractivity contribution in [2.24, 2.45) is 5.73 Å². The van der Waals surface area contributed by atoms with Gasteiger partial charge in [0.05, 0.1) is 5.56 Å². The van der Waals surface area contributed by atoms with Crippen molar-refractivity contribution in [1.82, 2.24) is 0 Å². The van der Waals surface area contributed by atoms with Crippen molar-refractivity contribution in [1.29, 1.82) is 0 Å². The number of carbonyl (C=O) groups is 1. The molecule has 3 N–H and O–H groups in total. The Balaban J connectivity index is 2.18. The summed E-state index contributed by atoms with van der Waals surface area (Å²) in [7, 11) is 0. The van der Waals surface area contributed by atoms with Gasteiger partial charge in [0.15, 0.2) is 0 Å². The first kappa shape index (κ1) is 12.0. The zero-order valence-electron chi connectivity index (χ0n) is 9.67. The van der Waals surface area contributed by atoms with Crippen LogP contribution in [0.1, 0.15) is 15.9 Å². The Morgan fingerprint density at radius 3 is 2.56 bits per heavy atom. The SMILES string of the molecule is NC(=O)c1ccc(O)cc1OCc1ccccc1. The summed E-state index contributed by atoms with van der Waals surface area (Å²) >= 11 is 0. The molecule has 0 fully saturated rings. The van der Waals surface area contributed by atoms with E-state index < -0.39 is 5.91 Å². The second-order valence-corrected chi connectivity index (χ2v) is 3.82. The number of benzene rings is 2. The summed E-state index contributed by atoms with van der Waals surface area (Å²) in [6, 6.07) is 13.7. The topological polar surface area (TPSA) is 72.6 Å². The van der Waals surface area contributed by atoms with Gasteiger partial charge in [-0.1, -0.05) is 30.3 Å².